The van der Waals surface area contributed by atoms with Crippen molar-refractivity contribution < 1.29 is 0 Å². The van der Waals surface area contributed by atoms with Crippen LogP contribution in [-0.4, -0.2) is 6.04 Å². The molecule has 1 nitrogen and oxygen atoms in total. The molecule has 1 atom stereocenters. The fraction of sp³-hybridized carbons (Fsp3) is 0.538. The third kappa shape index (κ3) is 4.63. The molecule has 1 unspecified atom stereocenters. The lowest BCUT2D eigenvalue weighted by atomic mass is 10.0. The highest BCUT2D eigenvalue weighted by Gasteiger charge is 2.06. The lowest BCUT2D eigenvalue weighted by Crippen LogP contribution is -2.16. The molecular formula is C13H19Cl2N. The predicted octanol–water partition coefficient (Wildman–Crippen LogP) is 5.23. The van der Waals surface area contributed by atoms with E-state index in [0.29, 0.717) is 16.1 Å². The van der Waals surface area contributed by atoms with Crippen LogP contribution >= 0.6 is 23.2 Å². The lowest BCUT2D eigenvalue weighted by molar-refractivity contribution is 0.528. The highest BCUT2D eigenvalue weighted by atomic mass is 35.5. The van der Waals surface area contributed by atoms with Crippen LogP contribution in [0.4, 0.5) is 5.69 Å². The van der Waals surface area contributed by atoms with Crippen molar-refractivity contribution in [3.63, 3.8) is 0 Å². The number of rotatable bonds is 5. The van der Waals surface area contributed by atoms with Crippen LogP contribution in [0.2, 0.25) is 10.0 Å². The molecule has 0 aliphatic heterocycles. The molecule has 0 radical (unpaired) electrons. The minimum absolute atomic E-state index is 0.432. The van der Waals surface area contributed by atoms with Gasteiger partial charge in [0.15, 0.2) is 0 Å². The number of anilines is 1. The summed E-state index contributed by atoms with van der Waals surface area (Å²) in [7, 11) is 0. The summed E-state index contributed by atoms with van der Waals surface area (Å²) in [6.45, 7) is 6.65. The molecule has 1 rings (SSSR count). The van der Waals surface area contributed by atoms with Gasteiger partial charge in [0.2, 0.25) is 0 Å². The highest BCUT2D eigenvalue weighted by molar-refractivity contribution is 6.36. The molecule has 1 N–H and O–H groups in total. The van der Waals surface area contributed by atoms with Gasteiger partial charge in [-0.3, -0.25) is 0 Å². The van der Waals surface area contributed by atoms with Crippen LogP contribution in [0.1, 0.15) is 33.6 Å². The molecule has 0 saturated carbocycles. The number of hydrogen-bond acceptors (Lipinski definition) is 1. The van der Waals surface area contributed by atoms with E-state index in [-0.39, 0.29) is 0 Å². The summed E-state index contributed by atoms with van der Waals surface area (Å²) in [5.41, 5.74) is 0.960. The molecule has 0 amide bonds. The molecule has 90 valence electrons. The summed E-state index contributed by atoms with van der Waals surface area (Å²) in [5, 5.41) is 4.76. The second-order valence-electron chi connectivity index (χ2n) is 4.64. The zero-order chi connectivity index (χ0) is 12.1. The standard InChI is InChI=1S/C13H19Cl2N/c1-9(2)4-5-10(3)16-13-7-6-11(14)8-12(13)15/h6-10,16H,4-5H2,1-3H3. The lowest BCUT2D eigenvalue weighted by Gasteiger charge is -2.17. The third-order valence-electron chi connectivity index (χ3n) is 2.51. The highest BCUT2D eigenvalue weighted by Crippen LogP contribution is 2.26. The quantitative estimate of drug-likeness (QED) is 0.764. The van der Waals surface area contributed by atoms with Crippen molar-refractivity contribution in [3.05, 3.63) is 28.2 Å². The summed E-state index contributed by atoms with van der Waals surface area (Å²) in [4.78, 5) is 0. The van der Waals surface area contributed by atoms with Crippen molar-refractivity contribution in [1.82, 2.24) is 0 Å². The van der Waals surface area contributed by atoms with Gasteiger partial charge < -0.3 is 5.32 Å². The van der Waals surface area contributed by atoms with Gasteiger partial charge in [0.05, 0.1) is 10.7 Å². The minimum atomic E-state index is 0.432. The van der Waals surface area contributed by atoms with E-state index in [2.05, 4.69) is 26.1 Å². The smallest absolute Gasteiger partial charge is 0.0652 e. The normalized spacial score (nSPS) is 12.9. The second kappa shape index (κ2) is 6.36. The van der Waals surface area contributed by atoms with Crippen LogP contribution in [0.3, 0.4) is 0 Å². The summed E-state index contributed by atoms with van der Waals surface area (Å²) < 4.78 is 0. The maximum Gasteiger partial charge on any atom is 0.0652 e. The maximum atomic E-state index is 6.09. The van der Waals surface area contributed by atoms with Gasteiger partial charge in [-0.05, 0) is 43.9 Å². The van der Waals surface area contributed by atoms with E-state index < -0.39 is 0 Å². The Morgan fingerprint density at radius 2 is 1.81 bits per heavy atom. The van der Waals surface area contributed by atoms with Gasteiger partial charge in [0, 0.05) is 11.1 Å². The third-order valence-corrected chi connectivity index (χ3v) is 3.06. The van der Waals surface area contributed by atoms with Gasteiger partial charge >= 0.3 is 0 Å². The molecule has 0 aliphatic rings. The first-order chi connectivity index (χ1) is 7.49. The zero-order valence-corrected chi connectivity index (χ0v) is 11.6. The van der Waals surface area contributed by atoms with E-state index in [1.165, 1.54) is 6.42 Å². The molecule has 1 aromatic carbocycles. The Balaban J connectivity index is 2.52. The molecule has 3 heteroatoms. The van der Waals surface area contributed by atoms with Gasteiger partial charge in [-0.25, -0.2) is 0 Å². The average Bonchev–Trinajstić information content (AvgIpc) is 2.19. The molecule has 0 heterocycles. The zero-order valence-electron chi connectivity index (χ0n) is 10.1. The first-order valence-corrected chi connectivity index (χ1v) is 6.46. The fourth-order valence-electron chi connectivity index (χ4n) is 1.53. The Morgan fingerprint density at radius 1 is 1.12 bits per heavy atom. The van der Waals surface area contributed by atoms with Gasteiger partial charge in [-0.2, -0.15) is 0 Å². The molecule has 1 aromatic rings. The van der Waals surface area contributed by atoms with Crippen LogP contribution < -0.4 is 5.32 Å². The number of halogens is 2. The Hall–Kier alpha value is -0.400. The van der Waals surface area contributed by atoms with Crippen molar-refractivity contribution in [2.45, 2.75) is 39.7 Å². The van der Waals surface area contributed by atoms with E-state index >= 15 is 0 Å². The summed E-state index contributed by atoms with van der Waals surface area (Å²) in [6.07, 6.45) is 2.37. The molecule has 0 saturated heterocycles. The number of benzene rings is 1. The average molecular weight is 260 g/mol. The first-order valence-electron chi connectivity index (χ1n) is 5.70. The van der Waals surface area contributed by atoms with E-state index in [4.69, 9.17) is 23.2 Å². The summed E-state index contributed by atoms with van der Waals surface area (Å²) in [6, 6.07) is 5.98. The van der Waals surface area contributed by atoms with Gasteiger partial charge in [0.25, 0.3) is 0 Å². The first kappa shape index (κ1) is 13.7. The van der Waals surface area contributed by atoms with Gasteiger partial charge in [-0.1, -0.05) is 37.0 Å². The Morgan fingerprint density at radius 3 is 2.38 bits per heavy atom. The largest absolute Gasteiger partial charge is 0.381 e. The number of nitrogens with one attached hydrogen (secondary N) is 1. The fourth-order valence-corrected chi connectivity index (χ4v) is 1.99. The maximum absolute atomic E-state index is 6.09. The van der Waals surface area contributed by atoms with Crippen LogP contribution in [-0.2, 0) is 0 Å². The molecule has 0 aliphatic carbocycles. The van der Waals surface area contributed by atoms with Crippen LogP contribution in [0.25, 0.3) is 0 Å². The Kier molecular flexibility index (Phi) is 5.43. The number of hydrogen-bond donors (Lipinski definition) is 1. The Labute approximate surface area is 108 Å². The van der Waals surface area contributed by atoms with E-state index in [1.807, 2.05) is 12.1 Å². The van der Waals surface area contributed by atoms with E-state index in [9.17, 15) is 0 Å². The van der Waals surface area contributed by atoms with Crippen molar-refractivity contribution in [3.8, 4) is 0 Å². The molecule has 0 spiro atoms. The Bertz CT molecular complexity index is 337. The second-order valence-corrected chi connectivity index (χ2v) is 5.48. The predicted molar refractivity (Wildman–Crippen MR) is 73.6 cm³/mol. The van der Waals surface area contributed by atoms with Crippen molar-refractivity contribution >= 4 is 28.9 Å². The topological polar surface area (TPSA) is 12.0 Å². The minimum Gasteiger partial charge on any atom is -0.381 e. The van der Waals surface area contributed by atoms with E-state index in [0.717, 1.165) is 18.0 Å². The monoisotopic (exact) mass is 259 g/mol. The van der Waals surface area contributed by atoms with Crippen molar-refractivity contribution in [2.75, 3.05) is 5.32 Å². The molecule has 0 fully saturated rings. The van der Waals surface area contributed by atoms with Crippen molar-refractivity contribution in [1.29, 1.82) is 0 Å². The summed E-state index contributed by atoms with van der Waals surface area (Å²) in [5.74, 6) is 0.741. The van der Waals surface area contributed by atoms with Gasteiger partial charge in [-0.15, -0.1) is 0 Å². The summed E-state index contributed by atoms with van der Waals surface area (Å²) >= 11 is 11.9. The van der Waals surface area contributed by atoms with Crippen molar-refractivity contribution in [2.24, 2.45) is 5.92 Å². The molecule has 0 aromatic heterocycles. The molecule has 16 heavy (non-hydrogen) atoms. The SMILES string of the molecule is CC(C)CCC(C)Nc1ccc(Cl)cc1Cl. The van der Waals surface area contributed by atoms with Crippen LogP contribution in [0.5, 0.6) is 0 Å². The van der Waals surface area contributed by atoms with Crippen LogP contribution in [0.15, 0.2) is 18.2 Å². The van der Waals surface area contributed by atoms with Gasteiger partial charge in [0.1, 0.15) is 0 Å². The molecular weight excluding hydrogens is 241 g/mol. The van der Waals surface area contributed by atoms with Crippen LogP contribution in [0, 0.1) is 5.92 Å². The molecule has 0 bridgehead atoms. The van der Waals surface area contributed by atoms with E-state index in [1.54, 1.807) is 6.07 Å².